The molecule has 3 heteroatoms. The van der Waals surface area contributed by atoms with E-state index in [0.717, 1.165) is 18.9 Å². The fraction of sp³-hybridized carbons (Fsp3) is 0.615. The monoisotopic (exact) mass is 282 g/mol. The molecule has 1 fully saturated rings. The summed E-state index contributed by atoms with van der Waals surface area (Å²) in [5.41, 5.74) is 1.49. The van der Waals surface area contributed by atoms with Crippen molar-refractivity contribution in [1.82, 2.24) is 4.98 Å². The number of anilines is 1. The molecule has 2 rings (SSSR count). The Hall–Kier alpha value is -0.570. The van der Waals surface area contributed by atoms with Crippen molar-refractivity contribution in [3.05, 3.63) is 23.9 Å². The number of aromatic nitrogens is 1. The van der Waals surface area contributed by atoms with Gasteiger partial charge in [-0.1, -0.05) is 42.8 Å². The molecule has 0 saturated carbocycles. The van der Waals surface area contributed by atoms with Gasteiger partial charge in [0.25, 0.3) is 0 Å². The summed E-state index contributed by atoms with van der Waals surface area (Å²) in [5.74, 6) is 1.11. The molecule has 88 valence electrons. The Balaban J connectivity index is 2.14. The summed E-state index contributed by atoms with van der Waals surface area (Å²) in [6.07, 6.45) is 3.22. The number of alkyl halides is 1. The number of nitrogens with zero attached hydrogens (tertiary/aromatic N) is 2. The molecule has 1 aromatic rings. The standard InChI is InChI=1S/C13H19BrN2/c1-13(2,3)10-4-5-12(15-8-10)16-7-6-11(14)9-16/h4-5,8,11H,6-7,9H2,1-3H3. The SMILES string of the molecule is CC(C)(C)c1ccc(N2CCC(Br)C2)nc1. The summed E-state index contributed by atoms with van der Waals surface area (Å²) in [7, 11) is 0. The molecule has 0 aromatic carbocycles. The van der Waals surface area contributed by atoms with Crippen molar-refractivity contribution in [3.8, 4) is 0 Å². The Bertz CT molecular complexity index is 353. The summed E-state index contributed by atoms with van der Waals surface area (Å²) in [6, 6.07) is 4.34. The average Bonchev–Trinajstić information content (AvgIpc) is 2.64. The van der Waals surface area contributed by atoms with Crippen LogP contribution in [0.5, 0.6) is 0 Å². The highest BCUT2D eigenvalue weighted by Gasteiger charge is 2.21. The maximum Gasteiger partial charge on any atom is 0.128 e. The Kier molecular flexibility index (Phi) is 3.24. The van der Waals surface area contributed by atoms with E-state index in [4.69, 9.17) is 0 Å². The van der Waals surface area contributed by atoms with Crippen LogP contribution in [-0.2, 0) is 5.41 Å². The Labute approximate surface area is 106 Å². The normalized spacial score (nSPS) is 21.5. The predicted molar refractivity (Wildman–Crippen MR) is 72.5 cm³/mol. The molecule has 0 bridgehead atoms. The summed E-state index contributed by atoms with van der Waals surface area (Å²) in [4.78, 5) is 7.53. The minimum atomic E-state index is 0.189. The number of hydrogen-bond acceptors (Lipinski definition) is 2. The van der Waals surface area contributed by atoms with Crippen LogP contribution in [0.3, 0.4) is 0 Å². The summed E-state index contributed by atoms with van der Waals surface area (Å²) in [5, 5.41) is 0. The lowest BCUT2D eigenvalue weighted by atomic mass is 9.88. The smallest absolute Gasteiger partial charge is 0.128 e. The lowest BCUT2D eigenvalue weighted by molar-refractivity contribution is 0.587. The first-order valence-corrected chi connectivity index (χ1v) is 6.74. The Morgan fingerprint density at radius 2 is 2.12 bits per heavy atom. The van der Waals surface area contributed by atoms with Gasteiger partial charge in [-0.3, -0.25) is 0 Å². The van der Waals surface area contributed by atoms with Crippen molar-refractivity contribution in [1.29, 1.82) is 0 Å². The molecule has 1 aliphatic rings. The number of rotatable bonds is 1. The molecule has 1 saturated heterocycles. The Morgan fingerprint density at radius 1 is 1.38 bits per heavy atom. The number of pyridine rings is 1. The van der Waals surface area contributed by atoms with Gasteiger partial charge >= 0.3 is 0 Å². The topological polar surface area (TPSA) is 16.1 Å². The van der Waals surface area contributed by atoms with Crippen molar-refractivity contribution < 1.29 is 0 Å². The van der Waals surface area contributed by atoms with E-state index in [-0.39, 0.29) is 5.41 Å². The van der Waals surface area contributed by atoms with Gasteiger partial charge in [-0.25, -0.2) is 4.98 Å². The minimum absolute atomic E-state index is 0.189. The molecule has 0 radical (unpaired) electrons. The van der Waals surface area contributed by atoms with Crippen molar-refractivity contribution in [2.24, 2.45) is 0 Å². The number of halogens is 1. The molecule has 1 aromatic heterocycles. The van der Waals surface area contributed by atoms with Gasteiger partial charge in [0.15, 0.2) is 0 Å². The molecular weight excluding hydrogens is 264 g/mol. The van der Waals surface area contributed by atoms with Crippen LogP contribution in [0.1, 0.15) is 32.8 Å². The lowest BCUT2D eigenvalue weighted by Crippen LogP contribution is -2.21. The molecule has 0 N–H and O–H groups in total. The second kappa shape index (κ2) is 4.36. The second-order valence-electron chi connectivity index (χ2n) is 5.49. The summed E-state index contributed by atoms with van der Waals surface area (Å²) < 4.78 is 0. The van der Waals surface area contributed by atoms with Gasteiger partial charge in [-0.2, -0.15) is 0 Å². The van der Waals surface area contributed by atoms with Gasteiger partial charge in [0, 0.05) is 24.1 Å². The van der Waals surface area contributed by atoms with Crippen molar-refractivity contribution >= 4 is 21.7 Å². The second-order valence-corrected chi connectivity index (χ2v) is 6.78. The zero-order chi connectivity index (χ0) is 11.8. The molecule has 2 heterocycles. The molecule has 1 atom stereocenters. The fourth-order valence-corrected chi connectivity index (χ4v) is 2.50. The minimum Gasteiger partial charge on any atom is -0.355 e. The molecule has 1 aliphatic heterocycles. The number of hydrogen-bond donors (Lipinski definition) is 0. The van der Waals surface area contributed by atoms with Crippen LogP contribution in [0.4, 0.5) is 5.82 Å². The van der Waals surface area contributed by atoms with Crippen molar-refractivity contribution in [2.75, 3.05) is 18.0 Å². The van der Waals surface area contributed by atoms with Gasteiger partial charge < -0.3 is 4.90 Å². The first-order valence-electron chi connectivity index (χ1n) is 5.82. The molecule has 16 heavy (non-hydrogen) atoms. The van der Waals surface area contributed by atoms with Crippen LogP contribution < -0.4 is 4.90 Å². The summed E-state index contributed by atoms with van der Waals surface area (Å²) >= 11 is 3.65. The highest BCUT2D eigenvalue weighted by atomic mass is 79.9. The van der Waals surface area contributed by atoms with Crippen LogP contribution in [0, 0.1) is 0 Å². The van der Waals surface area contributed by atoms with Crippen LogP contribution in [0.15, 0.2) is 18.3 Å². The van der Waals surface area contributed by atoms with Crippen molar-refractivity contribution in [3.63, 3.8) is 0 Å². The van der Waals surface area contributed by atoms with Gasteiger partial charge in [-0.15, -0.1) is 0 Å². The molecule has 0 spiro atoms. The van der Waals surface area contributed by atoms with E-state index in [0.29, 0.717) is 4.83 Å². The van der Waals surface area contributed by atoms with Gasteiger partial charge in [0.05, 0.1) is 0 Å². The largest absolute Gasteiger partial charge is 0.355 e. The highest BCUT2D eigenvalue weighted by molar-refractivity contribution is 9.09. The third-order valence-corrected chi connectivity index (χ3v) is 3.82. The highest BCUT2D eigenvalue weighted by Crippen LogP contribution is 2.25. The van der Waals surface area contributed by atoms with Crippen LogP contribution in [0.2, 0.25) is 0 Å². The van der Waals surface area contributed by atoms with E-state index >= 15 is 0 Å². The fourth-order valence-electron chi connectivity index (χ4n) is 1.94. The van der Waals surface area contributed by atoms with E-state index in [1.54, 1.807) is 0 Å². The van der Waals surface area contributed by atoms with E-state index in [1.807, 2.05) is 6.20 Å². The van der Waals surface area contributed by atoms with Crippen LogP contribution in [-0.4, -0.2) is 22.9 Å². The molecule has 0 aliphatic carbocycles. The van der Waals surface area contributed by atoms with Gasteiger partial charge in [0.2, 0.25) is 0 Å². The van der Waals surface area contributed by atoms with Crippen LogP contribution in [0.25, 0.3) is 0 Å². The van der Waals surface area contributed by atoms with E-state index < -0.39 is 0 Å². The average molecular weight is 283 g/mol. The third kappa shape index (κ3) is 2.57. The molecule has 2 nitrogen and oxygen atoms in total. The quantitative estimate of drug-likeness (QED) is 0.735. The van der Waals surface area contributed by atoms with Crippen LogP contribution >= 0.6 is 15.9 Å². The van der Waals surface area contributed by atoms with Gasteiger partial charge in [-0.05, 0) is 23.5 Å². The molecular formula is C13H19BrN2. The third-order valence-electron chi connectivity index (χ3n) is 3.07. The van der Waals surface area contributed by atoms with E-state index in [2.05, 4.69) is 58.7 Å². The summed E-state index contributed by atoms with van der Waals surface area (Å²) in [6.45, 7) is 8.83. The van der Waals surface area contributed by atoms with E-state index in [1.165, 1.54) is 12.0 Å². The zero-order valence-corrected chi connectivity index (χ0v) is 11.8. The molecule has 1 unspecified atom stereocenters. The zero-order valence-electron chi connectivity index (χ0n) is 10.2. The predicted octanol–water partition coefficient (Wildman–Crippen LogP) is 3.35. The Morgan fingerprint density at radius 3 is 2.56 bits per heavy atom. The maximum atomic E-state index is 4.57. The van der Waals surface area contributed by atoms with Gasteiger partial charge in [0.1, 0.15) is 5.82 Å². The maximum absolute atomic E-state index is 4.57. The first-order chi connectivity index (χ1) is 7.47. The lowest BCUT2D eigenvalue weighted by Gasteiger charge is -2.21. The first kappa shape index (κ1) is 11.9. The molecule has 0 amide bonds. The van der Waals surface area contributed by atoms with Crippen molar-refractivity contribution in [2.45, 2.75) is 37.4 Å². The van der Waals surface area contributed by atoms with E-state index in [9.17, 15) is 0 Å².